The molecule has 0 saturated carbocycles. The second-order valence-electron chi connectivity index (χ2n) is 11.3. The Labute approximate surface area is 290 Å². The van der Waals surface area contributed by atoms with E-state index in [9.17, 15) is 35.1 Å². The maximum atomic E-state index is 15.1. The van der Waals surface area contributed by atoms with Crippen molar-refractivity contribution in [1.82, 2.24) is 0 Å². The zero-order chi connectivity index (χ0) is 38.4. The minimum Gasteiger partial charge on any atom is -0.429 e. The number of ether oxygens (including phenoxy) is 2. The van der Waals surface area contributed by atoms with Crippen LogP contribution >= 0.6 is 0 Å². The third kappa shape index (κ3) is 7.36. The van der Waals surface area contributed by atoms with Crippen LogP contribution in [0.5, 0.6) is 11.5 Å². The third-order valence-corrected chi connectivity index (χ3v) is 7.75. The van der Waals surface area contributed by atoms with Gasteiger partial charge in [-0.3, -0.25) is 0 Å². The summed E-state index contributed by atoms with van der Waals surface area (Å²) in [5, 5.41) is 0. The van der Waals surface area contributed by atoms with Crippen LogP contribution in [0.4, 0.5) is 57.1 Å². The van der Waals surface area contributed by atoms with E-state index < -0.39 is 109 Å². The van der Waals surface area contributed by atoms with Crippen molar-refractivity contribution >= 4 is 0 Å². The molecule has 0 aliphatic carbocycles. The fourth-order valence-electron chi connectivity index (χ4n) is 5.35. The summed E-state index contributed by atoms with van der Waals surface area (Å²) < 4.78 is 198. The summed E-state index contributed by atoms with van der Waals surface area (Å²) in [5.41, 5.74) is -6.03. The van der Waals surface area contributed by atoms with Crippen LogP contribution in [0.1, 0.15) is 11.1 Å². The summed E-state index contributed by atoms with van der Waals surface area (Å²) >= 11 is 0. The van der Waals surface area contributed by atoms with Crippen LogP contribution in [0.3, 0.4) is 0 Å². The second kappa shape index (κ2) is 13.9. The molecule has 0 N–H and O–H groups in total. The molecule has 0 fully saturated rings. The molecule has 272 valence electrons. The number of alkyl halides is 4. The second-order valence-corrected chi connectivity index (χ2v) is 11.3. The highest BCUT2D eigenvalue weighted by Gasteiger charge is 2.43. The van der Waals surface area contributed by atoms with Gasteiger partial charge >= 0.3 is 12.2 Å². The molecule has 6 aromatic rings. The van der Waals surface area contributed by atoms with E-state index in [-0.39, 0.29) is 17.7 Å². The molecule has 0 amide bonds. The summed E-state index contributed by atoms with van der Waals surface area (Å²) in [4.78, 5) is 0. The zero-order valence-corrected chi connectivity index (χ0v) is 26.0. The Morgan fingerprint density at radius 1 is 0.340 bits per heavy atom. The number of halogens is 13. The van der Waals surface area contributed by atoms with Crippen molar-refractivity contribution in [2.24, 2.45) is 0 Å². The van der Waals surface area contributed by atoms with E-state index in [0.29, 0.717) is 60.2 Å². The average molecular weight is 753 g/mol. The van der Waals surface area contributed by atoms with Crippen molar-refractivity contribution in [3.05, 3.63) is 167 Å². The average Bonchev–Trinajstić information content (AvgIpc) is 3.06. The molecule has 0 spiro atoms. The molecule has 15 heteroatoms. The van der Waals surface area contributed by atoms with E-state index in [4.69, 9.17) is 0 Å². The molecule has 0 bridgehead atoms. The Morgan fingerprint density at radius 2 is 0.698 bits per heavy atom. The van der Waals surface area contributed by atoms with Crippen LogP contribution in [-0.2, 0) is 12.2 Å². The lowest BCUT2D eigenvalue weighted by Crippen LogP contribution is -2.25. The minimum atomic E-state index is -4.85. The highest BCUT2D eigenvalue weighted by molar-refractivity contribution is 5.67. The zero-order valence-electron chi connectivity index (χ0n) is 26.0. The van der Waals surface area contributed by atoms with Gasteiger partial charge in [-0.25, -0.2) is 39.5 Å². The Balaban J connectivity index is 1.22. The molecular formula is C38H17F13O2. The number of benzene rings is 6. The Kier molecular flexibility index (Phi) is 9.62. The quantitative estimate of drug-likeness (QED) is 0.108. The van der Waals surface area contributed by atoms with Gasteiger partial charge in [0.1, 0.15) is 57.5 Å². The lowest BCUT2D eigenvalue weighted by Gasteiger charge is -2.21. The molecule has 0 atom stereocenters. The van der Waals surface area contributed by atoms with Crippen molar-refractivity contribution in [3.63, 3.8) is 0 Å². The minimum absolute atomic E-state index is 0.0611. The van der Waals surface area contributed by atoms with Crippen molar-refractivity contribution < 1.29 is 66.5 Å². The van der Waals surface area contributed by atoms with Gasteiger partial charge in [0, 0.05) is 23.3 Å². The van der Waals surface area contributed by atoms with Gasteiger partial charge in [-0.1, -0.05) is 30.3 Å². The van der Waals surface area contributed by atoms with Crippen molar-refractivity contribution in [3.8, 4) is 44.9 Å². The van der Waals surface area contributed by atoms with Gasteiger partial charge < -0.3 is 9.47 Å². The van der Waals surface area contributed by atoms with Crippen LogP contribution < -0.4 is 9.47 Å². The van der Waals surface area contributed by atoms with Crippen LogP contribution in [0.25, 0.3) is 33.4 Å². The molecule has 0 saturated heterocycles. The van der Waals surface area contributed by atoms with E-state index in [1.54, 1.807) is 18.2 Å². The van der Waals surface area contributed by atoms with Gasteiger partial charge in [-0.2, -0.15) is 17.6 Å². The summed E-state index contributed by atoms with van der Waals surface area (Å²) in [7, 11) is 0. The molecule has 6 aromatic carbocycles. The Morgan fingerprint density at radius 3 is 1.08 bits per heavy atom. The lowest BCUT2D eigenvalue weighted by molar-refractivity contribution is -0.190. The van der Waals surface area contributed by atoms with Gasteiger partial charge in [0.05, 0.1) is 0 Å². The van der Waals surface area contributed by atoms with Gasteiger partial charge in [-0.15, -0.1) is 0 Å². The molecular weight excluding hydrogens is 735 g/mol. The predicted octanol–water partition coefficient (Wildman–Crippen LogP) is 12.2. The Bertz CT molecular complexity index is 2290. The largest absolute Gasteiger partial charge is 0.432 e. The standard InChI is InChI=1S/C38H17F13O2/c39-26-16-22(52-37(48,49)34-28(41)10-19(11-29(34)42)18-4-2-1-3-5-18)6-8-24(26)20-12-30(43)35(31(44)13-20)38(50,51)53-23-7-9-25(27(40)17-23)21-14-32(45)36(47)33(46)15-21/h1-17H. The molecule has 0 unspecified atom stereocenters. The topological polar surface area (TPSA) is 18.5 Å². The Hall–Kier alpha value is -5.99. The fourth-order valence-corrected chi connectivity index (χ4v) is 5.35. The molecule has 0 aromatic heterocycles. The first kappa shape index (κ1) is 36.8. The molecule has 0 aliphatic rings. The van der Waals surface area contributed by atoms with Crippen LogP contribution in [-0.4, -0.2) is 0 Å². The molecule has 0 heterocycles. The van der Waals surface area contributed by atoms with E-state index >= 15 is 22.0 Å². The molecule has 53 heavy (non-hydrogen) atoms. The number of hydrogen-bond acceptors (Lipinski definition) is 2. The monoisotopic (exact) mass is 752 g/mol. The van der Waals surface area contributed by atoms with Gasteiger partial charge in [0.25, 0.3) is 0 Å². The predicted molar refractivity (Wildman–Crippen MR) is 164 cm³/mol. The normalized spacial score (nSPS) is 11.9. The summed E-state index contributed by atoms with van der Waals surface area (Å²) in [6.45, 7) is 0. The van der Waals surface area contributed by atoms with Gasteiger partial charge in [0.15, 0.2) is 17.5 Å². The van der Waals surface area contributed by atoms with E-state index in [1.807, 2.05) is 0 Å². The van der Waals surface area contributed by atoms with E-state index in [0.717, 1.165) is 6.07 Å². The number of rotatable bonds is 9. The van der Waals surface area contributed by atoms with E-state index in [2.05, 4.69) is 9.47 Å². The first-order chi connectivity index (χ1) is 24.9. The summed E-state index contributed by atoms with van der Waals surface area (Å²) in [6.07, 6.45) is -9.54. The first-order valence-electron chi connectivity index (χ1n) is 14.9. The van der Waals surface area contributed by atoms with Crippen molar-refractivity contribution in [1.29, 1.82) is 0 Å². The van der Waals surface area contributed by atoms with Crippen molar-refractivity contribution in [2.45, 2.75) is 12.2 Å². The number of hydrogen-bond donors (Lipinski definition) is 0. The molecule has 2 nitrogen and oxygen atoms in total. The molecule has 0 aliphatic heterocycles. The van der Waals surface area contributed by atoms with Crippen LogP contribution in [0.2, 0.25) is 0 Å². The highest BCUT2D eigenvalue weighted by atomic mass is 19.3. The third-order valence-electron chi connectivity index (χ3n) is 7.75. The SMILES string of the molecule is Fc1cc(OC(F)(F)c2c(F)cc(-c3ccc(OC(F)(F)c4c(F)cc(-c5ccccc5)cc4F)cc3F)cc2F)ccc1-c1cc(F)c(F)c(F)c1. The maximum absolute atomic E-state index is 15.1. The first-order valence-corrected chi connectivity index (χ1v) is 14.9. The van der Waals surface area contributed by atoms with Gasteiger partial charge in [0.2, 0.25) is 0 Å². The van der Waals surface area contributed by atoms with Crippen LogP contribution in [0, 0.1) is 52.4 Å². The summed E-state index contributed by atoms with van der Waals surface area (Å²) in [5.74, 6) is -17.4. The van der Waals surface area contributed by atoms with Crippen LogP contribution in [0.15, 0.2) is 103 Å². The smallest absolute Gasteiger partial charge is 0.429 e. The molecule has 6 rings (SSSR count). The van der Waals surface area contributed by atoms with Gasteiger partial charge in [-0.05, 0) is 82.9 Å². The lowest BCUT2D eigenvalue weighted by atomic mass is 10.0. The highest BCUT2D eigenvalue weighted by Crippen LogP contribution is 2.41. The van der Waals surface area contributed by atoms with E-state index in [1.165, 1.54) is 12.1 Å². The summed E-state index contributed by atoms with van der Waals surface area (Å²) in [6, 6.07) is 13.7. The maximum Gasteiger partial charge on any atom is 0.432 e. The molecule has 0 radical (unpaired) electrons. The fraction of sp³-hybridized carbons (Fsp3) is 0.0526. The van der Waals surface area contributed by atoms with Crippen molar-refractivity contribution in [2.75, 3.05) is 0 Å².